The summed E-state index contributed by atoms with van der Waals surface area (Å²) in [6, 6.07) is 15.8. The summed E-state index contributed by atoms with van der Waals surface area (Å²) in [5, 5.41) is 1.85. The molecule has 0 saturated heterocycles. The maximum absolute atomic E-state index is 13.0. The lowest BCUT2D eigenvalue weighted by Gasteiger charge is -2.26. The van der Waals surface area contributed by atoms with E-state index in [0.717, 1.165) is 0 Å². The fourth-order valence-corrected chi connectivity index (χ4v) is 5.02. The van der Waals surface area contributed by atoms with Gasteiger partial charge < -0.3 is 13.8 Å². The first-order chi connectivity index (χ1) is 16.1. The van der Waals surface area contributed by atoms with Crippen molar-refractivity contribution in [2.45, 2.75) is 51.3 Å². The lowest BCUT2D eigenvalue weighted by atomic mass is 10.1. The van der Waals surface area contributed by atoms with Gasteiger partial charge in [0.1, 0.15) is 10.6 Å². The molecular weight excluding hydrogens is 474 g/mol. The predicted molar refractivity (Wildman–Crippen MR) is 131 cm³/mol. The van der Waals surface area contributed by atoms with Crippen LogP contribution in [0.2, 0.25) is 0 Å². The number of carbonyl (C=O) groups is 2. The molecule has 0 saturated carbocycles. The van der Waals surface area contributed by atoms with Crippen LogP contribution >= 0.6 is 11.3 Å². The molecule has 0 aliphatic heterocycles. The van der Waals surface area contributed by atoms with Crippen LogP contribution in [0.5, 0.6) is 5.75 Å². The maximum Gasteiger partial charge on any atom is 0.340 e. The van der Waals surface area contributed by atoms with Crippen molar-refractivity contribution in [2.75, 3.05) is 0 Å². The average molecular weight is 502 g/mol. The topological polar surface area (TPSA) is 90.0 Å². The number of ether oxygens (including phenoxy) is 1. The highest BCUT2D eigenvalue weighted by Gasteiger charge is 2.26. The van der Waals surface area contributed by atoms with Crippen LogP contribution in [0.3, 0.4) is 0 Å². The molecule has 180 valence electrons. The molecule has 0 spiro atoms. The van der Waals surface area contributed by atoms with Crippen molar-refractivity contribution in [2.24, 2.45) is 0 Å². The Kier molecular flexibility index (Phi) is 8.11. The van der Waals surface area contributed by atoms with Crippen molar-refractivity contribution in [3.63, 3.8) is 0 Å². The molecule has 0 fully saturated rings. The monoisotopic (exact) mass is 501 g/mol. The van der Waals surface area contributed by atoms with E-state index in [4.69, 9.17) is 8.92 Å². The van der Waals surface area contributed by atoms with Gasteiger partial charge in [0, 0.05) is 12.6 Å². The first-order valence-corrected chi connectivity index (χ1v) is 13.0. The minimum Gasteiger partial charge on any atom is -0.459 e. The van der Waals surface area contributed by atoms with Gasteiger partial charge in [-0.05, 0) is 69.0 Å². The van der Waals surface area contributed by atoms with Gasteiger partial charge in [0.05, 0.1) is 16.5 Å². The molecule has 1 aromatic heterocycles. The number of amides is 1. The summed E-state index contributed by atoms with van der Waals surface area (Å²) < 4.78 is 36.6. The summed E-state index contributed by atoms with van der Waals surface area (Å²) in [6.07, 6.45) is -0.401. The molecule has 0 aliphatic carbocycles. The Balaban J connectivity index is 1.84. The molecule has 3 aromatic rings. The second kappa shape index (κ2) is 10.8. The quantitative estimate of drug-likeness (QED) is 0.298. The van der Waals surface area contributed by atoms with E-state index in [2.05, 4.69) is 0 Å². The summed E-state index contributed by atoms with van der Waals surface area (Å²) >= 11 is 1.37. The minimum absolute atomic E-state index is 0.0678. The number of benzene rings is 2. The molecule has 9 heteroatoms. The van der Waals surface area contributed by atoms with Gasteiger partial charge in [0.2, 0.25) is 0 Å². The third-order valence-corrected chi connectivity index (χ3v) is 6.96. The third-order valence-electron chi connectivity index (χ3n) is 4.79. The number of rotatable bonds is 9. The average Bonchev–Trinajstić information content (AvgIpc) is 3.31. The van der Waals surface area contributed by atoms with E-state index in [0.29, 0.717) is 10.4 Å². The number of nitrogens with zero attached hydrogens (tertiary/aromatic N) is 1. The van der Waals surface area contributed by atoms with E-state index in [1.807, 2.05) is 25.3 Å². The standard InChI is InChI=1S/C25H27NO6S2/c1-17(2)26(24(27)22-12-8-14-33-22)16-19-9-7-10-20(15-19)32-34(29,30)23-13-6-5-11-21(23)25(28)31-18(3)4/h5-15,17-18H,16H2,1-4H3. The number of carbonyl (C=O) groups excluding carboxylic acids is 2. The summed E-state index contributed by atoms with van der Waals surface area (Å²) in [5.41, 5.74) is 0.610. The molecular formula is C25H27NO6S2. The normalized spacial score (nSPS) is 11.5. The fourth-order valence-electron chi connectivity index (χ4n) is 3.23. The van der Waals surface area contributed by atoms with Gasteiger partial charge in [-0.2, -0.15) is 8.42 Å². The number of hydrogen-bond acceptors (Lipinski definition) is 7. The Hall–Kier alpha value is -3.17. The van der Waals surface area contributed by atoms with Crippen molar-refractivity contribution in [3.05, 3.63) is 82.0 Å². The zero-order chi connectivity index (χ0) is 24.9. The van der Waals surface area contributed by atoms with Crippen LogP contribution in [0.4, 0.5) is 0 Å². The molecule has 0 unspecified atom stereocenters. The molecule has 0 bridgehead atoms. The van der Waals surface area contributed by atoms with E-state index in [9.17, 15) is 18.0 Å². The van der Waals surface area contributed by atoms with Gasteiger partial charge in [-0.15, -0.1) is 11.3 Å². The Morgan fingerprint density at radius 1 is 0.971 bits per heavy atom. The van der Waals surface area contributed by atoms with Crippen LogP contribution in [-0.2, 0) is 21.4 Å². The summed E-state index contributed by atoms with van der Waals surface area (Å²) in [7, 11) is -4.32. The summed E-state index contributed by atoms with van der Waals surface area (Å²) in [4.78, 5) is 27.4. The van der Waals surface area contributed by atoms with Crippen molar-refractivity contribution < 1.29 is 26.9 Å². The number of esters is 1. The van der Waals surface area contributed by atoms with Crippen molar-refractivity contribution >= 4 is 33.3 Å². The van der Waals surface area contributed by atoms with E-state index in [-0.39, 0.29) is 34.7 Å². The SMILES string of the molecule is CC(C)OC(=O)c1ccccc1S(=O)(=O)Oc1cccc(CN(C(=O)c2cccs2)C(C)C)c1. The molecule has 34 heavy (non-hydrogen) atoms. The number of thiophene rings is 1. The Labute approximate surface area is 204 Å². The van der Waals surface area contributed by atoms with E-state index >= 15 is 0 Å². The molecule has 1 amide bonds. The van der Waals surface area contributed by atoms with Crippen molar-refractivity contribution in [3.8, 4) is 5.75 Å². The third kappa shape index (κ3) is 6.24. The van der Waals surface area contributed by atoms with Gasteiger partial charge >= 0.3 is 16.1 Å². The fraction of sp³-hybridized carbons (Fsp3) is 0.280. The first-order valence-electron chi connectivity index (χ1n) is 10.8. The minimum atomic E-state index is -4.32. The van der Waals surface area contributed by atoms with Crippen LogP contribution in [-0.4, -0.2) is 37.3 Å². The van der Waals surface area contributed by atoms with Gasteiger partial charge in [-0.1, -0.05) is 30.3 Å². The molecule has 0 aliphatic rings. The largest absolute Gasteiger partial charge is 0.459 e. The Morgan fingerprint density at radius 2 is 1.71 bits per heavy atom. The second-order valence-corrected chi connectivity index (χ2v) is 10.6. The zero-order valence-electron chi connectivity index (χ0n) is 19.4. The predicted octanol–water partition coefficient (Wildman–Crippen LogP) is 5.13. The highest BCUT2D eigenvalue weighted by Crippen LogP contribution is 2.25. The van der Waals surface area contributed by atoms with Crippen LogP contribution in [0.25, 0.3) is 0 Å². The van der Waals surface area contributed by atoms with E-state index < -0.39 is 22.2 Å². The lowest BCUT2D eigenvalue weighted by molar-refractivity contribution is 0.0372. The molecule has 2 aromatic carbocycles. The van der Waals surface area contributed by atoms with E-state index in [1.54, 1.807) is 49.1 Å². The highest BCUT2D eigenvalue weighted by molar-refractivity contribution is 7.87. The van der Waals surface area contributed by atoms with Crippen LogP contribution in [0.1, 0.15) is 53.3 Å². The van der Waals surface area contributed by atoms with Crippen LogP contribution in [0, 0.1) is 0 Å². The highest BCUT2D eigenvalue weighted by atomic mass is 32.2. The van der Waals surface area contributed by atoms with Crippen molar-refractivity contribution in [1.29, 1.82) is 0 Å². The van der Waals surface area contributed by atoms with Crippen LogP contribution < -0.4 is 4.18 Å². The van der Waals surface area contributed by atoms with Gasteiger partial charge in [0.15, 0.2) is 0 Å². The molecule has 0 N–H and O–H groups in total. The molecule has 7 nitrogen and oxygen atoms in total. The summed E-state index contributed by atoms with van der Waals surface area (Å²) in [6.45, 7) is 7.48. The molecule has 0 radical (unpaired) electrons. The molecule has 0 atom stereocenters. The number of hydrogen-bond donors (Lipinski definition) is 0. The summed E-state index contributed by atoms with van der Waals surface area (Å²) in [5.74, 6) is -0.760. The second-order valence-electron chi connectivity index (χ2n) is 8.14. The van der Waals surface area contributed by atoms with Gasteiger partial charge in [0.25, 0.3) is 5.91 Å². The maximum atomic E-state index is 13.0. The van der Waals surface area contributed by atoms with Gasteiger partial charge in [-0.25, -0.2) is 4.79 Å². The lowest BCUT2D eigenvalue weighted by Crippen LogP contribution is -2.35. The first kappa shape index (κ1) is 25.5. The smallest absolute Gasteiger partial charge is 0.340 e. The van der Waals surface area contributed by atoms with E-state index in [1.165, 1.54) is 35.6 Å². The van der Waals surface area contributed by atoms with Crippen molar-refractivity contribution in [1.82, 2.24) is 4.90 Å². The Morgan fingerprint density at radius 3 is 2.35 bits per heavy atom. The molecule has 1 heterocycles. The Bertz CT molecular complexity index is 1250. The molecule has 3 rings (SSSR count). The van der Waals surface area contributed by atoms with Crippen LogP contribution in [0.15, 0.2) is 70.9 Å². The zero-order valence-corrected chi connectivity index (χ0v) is 21.1. The van der Waals surface area contributed by atoms with Gasteiger partial charge in [-0.3, -0.25) is 4.79 Å².